The Balaban J connectivity index is 1.56. The van der Waals surface area contributed by atoms with E-state index in [1.165, 1.54) is 0 Å². The van der Waals surface area contributed by atoms with Gasteiger partial charge in [0.1, 0.15) is 17.2 Å². The Morgan fingerprint density at radius 3 is 2.70 bits per heavy atom. The highest BCUT2D eigenvalue weighted by Gasteiger charge is 2.34. The average molecular weight is 363 g/mol. The first-order valence-electron chi connectivity index (χ1n) is 8.84. The van der Waals surface area contributed by atoms with Gasteiger partial charge in [0.25, 0.3) is 5.91 Å². The van der Waals surface area contributed by atoms with E-state index in [1.807, 2.05) is 53.4 Å². The first kappa shape index (κ1) is 17.1. The van der Waals surface area contributed by atoms with Crippen molar-refractivity contribution in [2.24, 2.45) is 0 Å². The number of rotatable bonds is 5. The van der Waals surface area contributed by atoms with E-state index in [1.54, 1.807) is 31.3 Å². The van der Waals surface area contributed by atoms with E-state index in [2.05, 4.69) is 5.10 Å². The summed E-state index contributed by atoms with van der Waals surface area (Å²) in [5.74, 6) is 1.49. The van der Waals surface area contributed by atoms with E-state index in [-0.39, 0.29) is 11.9 Å². The zero-order valence-corrected chi connectivity index (χ0v) is 15.3. The van der Waals surface area contributed by atoms with Crippen molar-refractivity contribution in [3.05, 3.63) is 72.1 Å². The molecular formula is C21H21N3O3. The number of benzene rings is 2. The van der Waals surface area contributed by atoms with Crippen molar-refractivity contribution >= 4 is 5.91 Å². The monoisotopic (exact) mass is 363 g/mol. The molecule has 3 aromatic rings. The second-order valence-corrected chi connectivity index (χ2v) is 6.43. The number of nitrogens with zero attached hydrogens (tertiary/aromatic N) is 3. The third-order valence-electron chi connectivity index (χ3n) is 4.92. The minimum atomic E-state index is -0.0183. The van der Waals surface area contributed by atoms with Crippen LogP contribution in [-0.4, -0.2) is 41.4 Å². The van der Waals surface area contributed by atoms with E-state index in [4.69, 9.17) is 9.47 Å². The summed E-state index contributed by atoms with van der Waals surface area (Å²) in [5, 5.41) is 4.35. The maximum Gasteiger partial charge on any atom is 0.257 e. The number of likely N-dealkylation sites (tertiary alicyclic amines) is 1. The van der Waals surface area contributed by atoms with Crippen LogP contribution in [0.4, 0.5) is 0 Å². The molecule has 6 heteroatoms. The van der Waals surface area contributed by atoms with Gasteiger partial charge in [-0.25, -0.2) is 4.68 Å². The lowest BCUT2D eigenvalue weighted by atomic mass is 9.94. The van der Waals surface area contributed by atoms with Crippen LogP contribution in [0.2, 0.25) is 0 Å². The Morgan fingerprint density at radius 1 is 1.11 bits per heavy atom. The zero-order valence-electron chi connectivity index (χ0n) is 15.3. The van der Waals surface area contributed by atoms with Gasteiger partial charge in [-0.15, -0.1) is 0 Å². The third-order valence-corrected chi connectivity index (χ3v) is 4.92. The summed E-state index contributed by atoms with van der Waals surface area (Å²) >= 11 is 0. The lowest BCUT2D eigenvalue weighted by Gasteiger charge is -2.41. The Kier molecular flexibility index (Phi) is 4.54. The summed E-state index contributed by atoms with van der Waals surface area (Å²) in [7, 11) is 3.27. The molecule has 1 fully saturated rings. The number of carbonyl (C=O) groups excluding carboxylic acids is 1. The summed E-state index contributed by atoms with van der Waals surface area (Å²) in [6.45, 7) is 0.737. The SMILES string of the molecule is COc1cccc([C@@H]2CCN2C(=O)c2cnn(-c3ccccc3OC)c2)c1. The molecule has 0 bridgehead atoms. The van der Waals surface area contributed by atoms with Crippen LogP contribution in [0.15, 0.2) is 60.9 Å². The van der Waals surface area contributed by atoms with Crippen LogP contribution in [0.5, 0.6) is 11.5 Å². The standard InChI is InChI=1S/C21H21N3O3/c1-26-17-7-5-6-15(12-17)18-10-11-23(18)21(25)16-13-22-24(14-16)19-8-3-4-9-20(19)27-2/h3-9,12-14,18H,10-11H2,1-2H3/t18-/m0/s1. The number of methoxy groups -OCH3 is 2. The van der Waals surface area contributed by atoms with E-state index >= 15 is 0 Å². The molecule has 4 rings (SSSR count). The molecule has 0 spiro atoms. The lowest BCUT2D eigenvalue weighted by molar-refractivity contribution is 0.0460. The topological polar surface area (TPSA) is 56.6 Å². The summed E-state index contributed by atoms with van der Waals surface area (Å²) in [6.07, 6.45) is 4.30. The smallest absolute Gasteiger partial charge is 0.257 e. The second kappa shape index (κ2) is 7.15. The first-order chi connectivity index (χ1) is 13.2. The molecular weight excluding hydrogens is 342 g/mol. The van der Waals surface area contributed by atoms with Gasteiger partial charge in [0.05, 0.1) is 32.0 Å². The molecule has 1 aliphatic rings. The highest BCUT2D eigenvalue weighted by Crippen LogP contribution is 2.36. The largest absolute Gasteiger partial charge is 0.497 e. The fraction of sp³-hybridized carbons (Fsp3) is 0.238. The third kappa shape index (κ3) is 3.14. The van der Waals surface area contributed by atoms with Crippen molar-refractivity contribution in [2.75, 3.05) is 20.8 Å². The number of aromatic nitrogens is 2. The van der Waals surface area contributed by atoms with E-state index in [0.717, 1.165) is 30.0 Å². The predicted molar refractivity (Wildman–Crippen MR) is 102 cm³/mol. The number of amides is 1. The molecule has 1 aliphatic heterocycles. The molecule has 138 valence electrons. The van der Waals surface area contributed by atoms with Crippen molar-refractivity contribution < 1.29 is 14.3 Å². The summed E-state index contributed by atoms with van der Waals surface area (Å²) in [5.41, 5.74) is 2.45. The van der Waals surface area contributed by atoms with E-state index < -0.39 is 0 Å². The molecule has 0 N–H and O–H groups in total. The summed E-state index contributed by atoms with van der Waals surface area (Å²) < 4.78 is 12.4. The van der Waals surface area contributed by atoms with Crippen molar-refractivity contribution in [1.29, 1.82) is 0 Å². The molecule has 1 saturated heterocycles. The van der Waals surface area contributed by atoms with Crippen molar-refractivity contribution in [3.8, 4) is 17.2 Å². The maximum absolute atomic E-state index is 13.0. The molecule has 0 saturated carbocycles. The van der Waals surface area contributed by atoms with Gasteiger partial charge >= 0.3 is 0 Å². The van der Waals surface area contributed by atoms with Crippen LogP contribution in [0.25, 0.3) is 5.69 Å². The molecule has 1 amide bonds. The van der Waals surface area contributed by atoms with Crippen molar-refractivity contribution in [2.45, 2.75) is 12.5 Å². The summed E-state index contributed by atoms with van der Waals surface area (Å²) in [4.78, 5) is 14.8. The molecule has 1 aromatic heterocycles. The van der Waals surface area contributed by atoms with Crippen LogP contribution in [-0.2, 0) is 0 Å². The molecule has 2 aromatic carbocycles. The molecule has 27 heavy (non-hydrogen) atoms. The fourth-order valence-corrected chi connectivity index (χ4v) is 3.38. The number of carbonyl (C=O) groups is 1. The number of hydrogen-bond acceptors (Lipinski definition) is 4. The highest BCUT2D eigenvalue weighted by molar-refractivity contribution is 5.94. The van der Waals surface area contributed by atoms with E-state index in [9.17, 15) is 4.79 Å². The van der Waals surface area contributed by atoms with E-state index in [0.29, 0.717) is 11.3 Å². The van der Waals surface area contributed by atoms with Crippen molar-refractivity contribution in [1.82, 2.24) is 14.7 Å². The van der Waals surface area contributed by atoms with Gasteiger partial charge in [0, 0.05) is 12.7 Å². The highest BCUT2D eigenvalue weighted by atomic mass is 16.5. The molecule has 0 unspecified atom stereocenters. The van der Waals surface area contributed by atoms with Crippen LogP contribution in [0, 0.1) is 0 Å². The minimum Gasteiger partial charge on any atom is -0.497 e. The number of ether oxygens (including phenoxy) is 2. The predicted octanol–water partition coefficient (Wildman–Crippen LogP) is 3.48. The molecule has 2 heterocycles. The minimum absolute atomic E-state index is 0.0183. The van der Waals surface area contributed by atoms with Gasteiger partial charge in [-0.05, 0) is 36.2 Å². The van der Waals surface area contributed by atoms with Crippen LogP contribution in [0.1, 0.15) is 28.4 Å². The first-order valence-corrected chi connectivity index (χ1v) is 8.84. The van der Waals surface area contributed by atoms with Gasteiger partial charge in [-0.3, -0.25) is 4.79 Å². The lowest BCUT2D eigenvalue weighted by Crippen LogP contribution is -2.45. The number of hydrogen-bond donors (Lipinski definition) is 0. The van der Waals surface area contributed by atoms with Gasteiger partial charge in [0.15, 0.2) is 0 Å². The zero-order chi connectivity index (χ0) is 18.8. The normalized spacial score (nSPS) is 15.9. The molecule has 6 nitrogen and oxygen atoms in total. The van der Waals surface area contributed by atoms with Gasteiger partial charge in [-0.1, -0.05) is 24.3 Å². The fourth-order valence-electron chi connectivity index (χ4n) is 3.38. The quantitative estimate of drug-likeness (QED) is 0.696. The van der Waals surface area contributed by atoms with Gasteiger partial charge in [-0.2, -0.15) is 5.10 Å². The molecule has 1 atom stereocenters. The van der Waals surface area contributed by atoms with Crippen LogP contribution < -0.4 is 9.47 Å². The Bertz CT molecular complexity index is 967. The van der Waals surface area contributed by atoms with Crippen LogP contribution >= 0.6 is 0 Å². The number of para-hydroxylation sites is 2. The molecule has 0 radical (unpaired) electrons. The summed E-state index contributed by atoms with van der Waals surface area (Å²) in [6, 6.07) is 15.5. The Hall–Kier alpha value is -3.28. The van der Waals surface area contributed by atoms with Gasteiger partial charge < -0.3 is 14.4 Å². The molecule has 0 aliphatic carbocycles. The van der Waals surface area contributed by atoms with Crippen LogP contribution in [0.3, 0.4) is 0 Å². The van der Waals surface area contributed by atoms with Crippen molar-refractivity contribution in [3.63, 3.8) is 0 Å². The van der Waals surface area contributed by atoms with Gasteiger partial charge in [0.2, 0.25) is 0 Å². The average Bonchev–Trinajstić information content (AvgIpc) is 3.17. The Morgan fingerprint density at radius 2 is 1.96 bits per heavy atom. The second-order valence-electron chi connectivity index (χ2n) is 6.43. The Labute approximate surface area is 157 Å². The maximum atomic E-state index is 13.0.